The van der Waals surface area contributed by atoms with Crippen LogP contribution >= 0.6 is 0 Å². The third kappa shape index (κ3) is 5.11. The lowest BCUT2D eigenvalue weighted by molar-refractivity contribution is 0.0954. The van der Waals surface area contributed by atoms with Crippen LogP contribution in [0.15, 0.2) is 53.6 Å². The lowest BCUT2D eigenvalue weighted by Crippen LogP contribution is -2.32. The van der Waals surface area contributed by atoms with E-state index in [0.717, 1.165) is 15.4 Å². The fourth-order valence-corrected chi connectivity index (χ4v) is 4.64. The number of anilines is 1. The van der Waals surface area contributed by atoms with Crippen molar-refractivity contribution >= 4 is 21.7 Å². The molecule has 0 aliphatic rings. The molecule has 0 bridgehead atoms. The molecule has 9 nitrogen and oxygen atoms in total. The van der Waals surface area contributed by atoms with Crippen LogP contribution in [0.4, 0.5) is 5.82 Å². The highest BCUT2D eigenvalue weighted by Crippen LogP contribution is 2.28. The van der Waals surface area contributed by atoms with Crippen LogP contribution in [0.5, 0.6) is 11.5 Å². The number of hydrogen-bond donors (Lipinski definition) is 1. The minimum atomic E-state index is -3.87. The van der Waals surface area contributed by atoms with Gasteiger partial charge in [-0.3, -0.25) is 13.8 Å². The smallest absolute Gasteiger partial charge is 0.265 e. The van der Waals surface area contributed by atoms with Crippen LogP contribution in [0, 0.1) is 6.92 Å². The van der Waals surface area contributed by atoms with E-state index in [1.807, 2.05) is 19.1 Å². The molecule has 0 spiro atoms. The number of benzene rings is 2. The van der Waals surface area contributed by atoms with Crippen LogP contribution in [-0.2, 0) is 23.5 Å². The summed E-state index contributed by atoms with van der Waals surface area (Å²) < 4.78 is 39.2. The zero-order valence-electron chi connectivity index (χ0n) is 19.3. The number of hydrogen-bond acceptors (Lipinski definition) is 6. The molecule has 0 aliphatic heterocycles. The van der Waals surface area contributed by atoms with Gasteiger partial charge in [-0.05, 0) is 43.2 Å². The normalized spacial score (nSPS) is 11.2. The minimum Gasteiger partial charge on any atom is -0.493 e. The first-order valence-electron chi connectivity index (χ1n) is 10.3. The average Bonchev–Trinajstić information content (AvgIpc) is 3.19. The predicted molar refractivity (Wildman–Crippen MR) is 126 cm³/mol. The van der Waals surface area contributed by atoms with Crippen LogP contribution < -0.4 is 19.1 Å². The van der Waals surface area contributed by atoms with Gasteiger partial charge in [-0.1, -0.05) is 23.8 Å². The van der Waals surface area contributed by atoms with Gasteiger partial charge in [-0.15, -0.1) is 0 Å². The zero-order valence-corrected chi connectivity index (χ0v) is 20.1. The Morgan fingerprint density at radius 3 is 2.39 bits per heavy atom. The third-order valence-electron chi connectivity index (χ3n) is 5.28. The maximum absolute atomic E-state index is 13.1. The largest absolute Gasteiger partial charge is 0.493 e. The third-order valence-corrected chi connectivity index (χ3v) is 7.04. The van der Waals surface area contributed by atoms with Crippen molar-refractivity contribution in [3.05, 3.63) is 65.4 Å². The molecule has 1 aromatic heterocycles. The van der Waals surface area contributed by atoms with E-state index in [0.29, 0.717) is 24.5 Å². The van der Waals surface area contributed by atoms with Crippen LogP contribution in [0.3, 0.4) is 0 Å². The Bertz CT molecular complexity index is 1240. The molecular weight excluding hydrogens is 444 g/mol. The number of aryl methyl sites for hydroxylation is 2. The zero-order chi connectivity index (χ0) is 24.2. The molecular formula is C23H28N4O5S. The van der Waals surface area contributed by atoms with Crippen molar-refractivity contribution in [1.82, 2.24) is 15.1 Å². The van der Waals surface area contributed by atoms with Gasteiger partial charge in [-0.2, -0.15) is 5.10 Å². The number of ether oxygens (including phenoxy) is 2. The molecule has 2 aromatic carbocycles. The van der Waals surface area contributed by atoms with Gasteiger partial charge in [-0.25, -0.2) is 8.42 Å². The Morgan fingerprint density at radius 1 is 1.09 bits per heavy atom. The number of methoxy groups -OCH3 is 2. The van der Waals surface area contributed by atoms with Crippen LogP contribution in [0.25, 0.3) is 0 Å². The molecule has 33 heavy (non-hydrogen) atoms. The van der Waals surface area contributed by atoms with Crippen molar-refractivity contribution in [3.63, 3.8) is 0 Å². The Balaban J connectivity index is 1.75. The number of nitrogens with zero attached hydrogens (tertiary/aromatic N) is 3. The molecule has 1 N–H and O–H groups in total. The predicted octanol–water partition coefficient (Wildman–Crippen LogP) is 2.54. The number of carbonyl (C=O) groups excluding carboxylic acids is 1. The number of sulfonamides is 1. The summed E-state index contributed by atoms with van der Waals surface area (Å²) in [6, 6.07) is 12.1. The van der Waals surface area contributed by atoms with Gasteiger partial charge in [0.05, 0.1) is 25.3 Å². The van der Waals surface area contributed by atoms with Crippen molar-refractivity contribution in [2.75, 3.05) is 32.1 Å². The van der Waals surface area contributed by atoms with Crippen molar-refractivity contribution in [1.29, 1.82) is 0 Å². The Hall–Kier alpha value is -3.53. The lowest BCUT2D eigenvalue weighted by atomic mass is 10.1. The second-order valence-corrected chi connectivity index (χ2v) is 9.46. The molecule has 0 aliphatic carbocycles. The first-order valence-corrected chi connectivity index (χ1v) is 11.7. The van der Waals surface area contributed by atoms with E-state index in [-0.39, 0.29) is 16.3 Å². The van der Waals surface area contributed by atoms with Crippen molar-refractivity contribution < 1.29 is 22.7 Å². The summed E-state index contributed by atoms with van der Waals surface area (Å²) >= 11 is 0. The molecule has 176 valence electrons. The summed E-state index contributed by atoms with van der Waals surface area (Å²) in [5.41, 5.74) is 2.08. The van der Waals surface area contributed by atoms with E-state index in [9.17, 15) is 13.2 Å². The lowest BCUT2D eigenvalue weighted by Gasteiger charge is -2.21. The Labute approximate surface area is 194 Å². The number of aromatic nitrogens is 2. The highest BCUT2D eigenvalue weighted by Gasteiger charge is 2.28. The molecule has 0 saturated heterocycles. The SMILES string of the molecule is COc1ccc(CCNC(=O)c2cnn(C)c2N(C)S(=O)(=O)c2ccc(C)cc2)cc1OC. The van der Waals surface area contributed by atoms with E-state index in [1.165, 1.54) is 17.9 Å². The topological polar surface area (TPSA) is 103 Å². The van der Waals surface area contributed by atoms with Crippen LogP contribution in [0.1, 0.15) is 21.5 Å². The fraction of sp³-hybridized carbons (Fsp3) is 0.304. The molecule has 0 atom stereocenters. The Kier molecular flexibility index (Phi) is 7.27. The highest BCUT2D eigenvalue weighted by atomic mass is 32.2. The molecule has 10 heteroatoms. The van der Waals surface area contributed by atoms with Gasteiger partial charge >= 0.3 is 0 Å². The van der Waals surface area contributed by atoms with E-state index >= 15 is 0 Å². The summed E-state index contributed by atoms with van der Waals surface area (Å²) in [6.07, 6.45) is 1.92. The maximum Gasteiger partial charge on any atom is 0.265 e. The first kappa shape index (κ1) is 24.1. The first-order chi connectivity index (χ1) is 15.7. The van der Waals surface area contributed by atoms with Gasteiger partial charge in [0.1, 0.15) is 5.56 Å². The monoisotopic (exact) mass is 472 g/mol. The average molecular weight is 473 g/mol. The summed E-state index contributed by atoms with van der Waals surface area (Å²) in [5, 5.41) is 6.94. The summed E-state index contributed by atoms with van der Waals surface area (Å²) in [6.45, 7) is 2.22. The molecule has 0 fully saturated rings. The summed E-state index contributed by atoms with van der Waals surface area (Å²) in [7, 11) is 2.27. The van der Waals surface area contributed by atoms with E-state index in [1.54, 1.807) is 51.6 Å². The fourth-order valence-electron chi connectivity index (χ4n) is 3.40. The van der Waals surface area contributed by atoms with E-state index in [4.69, 9.17) is 9.47 Å². The molecule has 3 aromatic rings. The second kappa shape index (κ2) is 9.95. The highest BCUT2D eigenvalue weighted by molar-refractivity contribution is 7.92. The molecule has 0 saturated carbocycles. The molecule has 0 radical (unpaired) electrons. The van der Waals surface area contributed by atoms with E-state index in [2.05, 4.69) is 10.4 Å². The number of carbonyl (C=O) groups is 1. The molecule has 0 unspecified atom stereocenters. The standard InChI is InChI=1S/C23H28N4O5S/c1-16-6-9-18(10-7-16)33(29,30)27(3)23-19(15-25-26(23)2)22(28)24-13-12-17-8-11-20(31-4)21(14-17)32-5/h6-11,14-15H,12-13H2,1-5H3,(H,24,28). The van der Waals surface area contributed by atoms with Gasteiger partial charge in [0.25, 0.3) is 15.9 Å². The molecule has 1 amide bonds. The van der Waals surface area contributed by atoms with Crippen molar-refractivity contribution in [3.8, 4) is 11.5 Å². The second-order valence-electron chi connectivity index (χ2n) is 7.49. The Morgan fingerprint density at radius 2 is 1.76 bits per heavy atom. The minimum absolute atomic E-state index is 0.136. The van der Waals surface area contributed by atoms with Crippen molar-refractivity contribution in [2.24, 2.45) is 7.05 Å². The quantitative estimate of drug-likeness (QED) is 0.513. The van der Waals surface area contributed by atoms with Crippen molar-refractivity contribution in [2.45, 2.75) is 18.2 Å². The van der Waals surface area contributed by atoms with Crippen LogP contribution in [0.2, 0.25) is 0 Å². The number of nitrogens with one attached hydrogen (secondary N) is 1. The number of rotatable bonds is 9. The molecule has 3 rings (SSSR count). The maximum atomic E-state index is 13.1. The van der Waals surface area contributed by atoms with Gasteiger partial charge in [0.2, 0.25) is 0 Å². The van der Waals surface area contributed by atoms with Gasteiger partial charge < -0.3 is 14.8 Å². The summed E-state index contributed by atoms with van der Waals surface area (Å²) in [4.78, 5) is 13.0. The molecule has 1 heterocycles. The van der Waals surface area contributed by atoms with Crippen LogP contribution in [-0.4, -0.2) is 51.9 Å². The van der Waals surface area contributed by atoms with Gasteiger partial charge in [0.15, 0.2) is 17.3 Å². The number of amides is 1. The van der Waals surface area contributed by atoms with Gasteiger partial charge in [0, 0.05) is 20.6 Å². The van der Waals surface area contributed by atoms with E-state index < -0.39 is 15.9 Å². The summed E-state index contributed by atoms with van der Waals surface area (Å²) in [5.74, 6) is 1.01.